The third kappa shape index (κ3) is 5.34. The molecule has 0 N–H and O–H groups in total. The van der Waals surface area contributed by atoms with Gasteiger partial charge in [0.05, 0.1) is 11.4 Å². The van der Waals surface area contributed by atoms with Gasteiger partial charge in [-0.1, -0.05) is 47.6 Å². The Morgan fingerprint density at radius 3 is 2.56 bits per heavy atom. The van der Waals surface area contributed by atoms with Crippen LogP contribution >= 0.6 is 23.4 Å². The van der Waals surface area contributed by atoms with Crippen molar-refractivity contribution in [2.75, 3.05) is 31.9 Å². The van der Waals surface area contributed by atoms with Gasteiger partial charge in [0, 0.05) is 37.7 Å². The number of hydrogen-bond donors (Lipinski definition) is 0. The van der Waals surface area contributed by atoms with Crippen molar-refractivity contribution in [1.82, 2.24) is 24.6 Å². The van der Waals surface area contributed by atoms with Crippen LogP contribution in [0.25, 0.3) is 5.69 Å². The molecule has 6 nitrogen and oxygen atoms in total. The molecule has 0 radical (unpaired) electrons. The SMILES string of the molecule is Cc1ccc(C)c(-n2c(C)nnc2SCC(=O)N2CCN(Cc3cccc(Cl)c3)CC2)c1. The number of piperazine rings is 1. The quantitative estimate of drug-likeness (QED) is 0.504. The van der Waals surface area contributed by atoms with Gasteiger partial charge in [-0.2, -0.15) is 0 Å². The van der Waals surface area contributed by atoms with Gasteiger partial charge >= 0.3 is 0 Å². The maximum atomic E-state index is 12.9. The predicted octanol–water partition coefficient (Wildman–Crippen LogP) is 4.28. The highest BCUT2D eigenvalue weighted by Crippen LogP contribution is 2.25. The second kappa shape index (κ2) is 10.1. The van der Waals surface area contributed by atoms with Gasteiger partial charge in [0.1, 0.15) is 5.82 Å². The lowest BCUT2D eigenvalue weighted by Gasteiger charge is -2.34. The number of nitrogens with zero attached hydrogens (tertiary/aromatic N) is 5. The highest BCUT2D eigenvalue weighted by atomic mass is 35.5. The Labute approximate surface area is 198 Å². The molecule has 168 valence electrons. The van der Waals surface area contributed by atoms with Crippen LogP contribution in [-0.2, 0) is 11.3 Å². The molecule has 1 saturated heterocycles. The van der Waals surface area contributed by atoms with Gasteiger partial charge in [-0.3, -0.25) is 14.3 Å². The molecule has 0 bridgehead atoms. The monoisotopic (exact) mass is 469 g/mol. The van der Waals surface area contributed by atoms with Gasteiger partial charge in [-0.25, -0.2) is 0 Å². The van der Waals surface area contributed by atoms with Crippen molar-refractivity contribution in [1.29, 1.82) is 0 Å². The van der Waals surface area contributed by atoms with E-state index in [0.717, 1.165) is 60.0 Å². The molecule has 32 heavy (non-hydrogen) atoms. The Morgan fingerprint density at radius 2 is 1.81 bits per heavy atom. The van der Waals surface area contributed by atoms with E-state index in [1.54, 1.807) is 0 Å². The van der Waals surface area contributed by atoms with Crippen LogP contribution in [0.1, 0.15) is 22.5 Å². The molecule has 4 rings (SSSR count). The van der Waals surface area contributed by atoms with Crippen molar-refractivity contribution in [3.8, 4) is 5.69 Å². The van der Waals surface area contributed by atoms with E-state index in [0.29, 0.717) is 5.75 Å². The number of carbonyl (C=O) groups excluding carboxylic acids is 1. The second-order valence-electron chi connectivity index (χ2n) is 8.23. The molecular formula is C24H28ClN5OS. The molecule has 1 amide bonds. The summed E-state index contributed by atoms with van der Waals surface area (Å²) in [6, 6.07) is 14.3. The third-order valence-electron chi connectivity index (χ3n) is 5.75. The molecule has 1 aromatic heterocycles. The summed E-state index contributed by atoms with van der Waals surface area (Å²) in [6.45, 7) is 10.2. The van der Waals surface area contributed by atoms with E-state index in [9.17, 15) is 4.79 Å². The number of halogens is 1. The normalized spacial score (nSPS) is 14.7. The smallest absolute Gasteiger partial charge is 0.233 e. The van der Waals surface area contributed by atoms with Crippen molar-refractivity contribution in [3.05, 3.63) is 70.0 Å². The van der Waals surface area contributed by atoms with E-state index < -0.39 is 0 Å². The van der Waals surface area contributed by atoms with Crippen LogP contribution in [0.2, 0.25) is 5.02 Å². The highest BCUT2D eigenvalue weighted by molar-refractivity contribution is 7.99. The van der Waals surface area contributed by atoms with Crippen LogP contribution in [0.4, 0.5) is 0 Å². The fraction of sp³-hybridized carbons (Fsp3) is 0.375. The number of carbonyl (C=O) groups is 1. The number of benzene rings is 2. The third-order valence-corrected chi connectivity index (χ3v) is 6.89. The van der Waals surface area contributed by atoms with Crippen LogP contribution in [0, 0.1) is 20.8 Å². The lowest BCUT2D eigenvalue weighted by atomic mass is 10.1. The van der Waals surface area contributed by atoms with Crippen LogP contribution in [-0.4, -0.2) is 62.4 Å². The molecule has 2 aromatic carbocycles. The molecule has 1 aliphatic heterocycles. The number of aromatic nitrogens is 3. The maximum absolute atomic E-state index is 12.9. The van der Waals surface area contributed by atoms with E-state index >= 15 is 0 Å². The van der Waals surface area contributed by atoms with Crippen LogP contribution in [0.15, 0.2) is 47.6 Å². The van der Waals surface area contributed by atoms with Crippen molar-refractivity contribution in [3.63, 3.8) is 0 Å². The lowest BCUT2D eigenvalue weighted by molar-refractivity contribution is -0.130. The summed E-state index contributed by atoms with van der Waals surface area (Å²) in [5.41, 5.74) is 4.61. The summed E-state index contributed by atoms with van der Waals surface area (Å²) in [7, 11) is 0. The fourth-order valence-electron chi connectivity index (χ4n) is 3.94. The molecular weight excluding hydrogens is 442 g/mol. The van der Waals surface area contributed by atoms with Crippen LogP contribution in [0.5, 0.6) is 0 Å². The van der Waals surface area contributed by atoms with E-state index in [1.807, 2.05) is 34.6 Å². The molecule has 1 fully saturated rings. The number of amides is 1. The summed E-state index contributed by atoms with van der Waals surface area (Å²) in [4.78, 5) is 17.2. The molecule has 1 aliphatic rings. The first-order valence-corrected chi connectivity index (χ1v) is 12.1. The molecule has 0 aliphatic carbocycles. The lowest BCUT2D eigenvalue weighted by Crippen LogP contribution is -2.48. The summed E-state index contributed by atoms with van der Waals surface area (Å²) < 4.78 is 2.04. The van der Waals surface area contributed by atoms with Gasteiger partial charge in [0.25, 0.3) is 0 Å². The Kier molecular flexibility index (Phi) is 7.18. The molecule has 8 heteroatoms. The summed E-state index contributed by atoms with van der Waals surface area (Å²) in [5, 5.41) is 10.1. The fourth-order valence-corrected chi connectivity index (χ4v) is 5.05. The predicted molar refractivity (Wildman–Crippen MR) is 130 cm³/mol. The Hall–Kier alpha value is -2.35. The summed E-state index contributed by atoms with van der Waals surface area (Å²) in [6.07, 6.45) is 0. The van der Waals surface area contributed by atoms with Crippen molar-refractivity contribution in [2.24, 2.45) is 0 Å². The zero-order chi connectivity index (χ0) is 22.7. The van der Waals surface area contributed by atoms with E-state index in [4.69, 9.17) is 11.6 Å². The van der Waals surface area contributed by atoms with Gasteiger partial charge in [-0.05, 0) is 55.7 Å². The largest absolute Gasteiger partial charge is 0.339 e. The number of aryl methyl sites for hydroxylation is 3. The Bertz CT molecular complexity index is 1110. The first-order valence-electron chi connectivity index (χ1n) is 10.8. The van der Waals surface area contributed by atoms with Gasteiger partial charge in [-0.15, -0.1) is 10.2 Å². The highest BCUT2D eigenvalue weighted by Gasteiger charge is 2.22. The second-order valence-corrected chi connectivity index (χ2v) is 9.61. The van der Waals surface area contributed by atoms with Crippen molar-refractivity contribution in [2.45, 2.75) is 32.5 Å². The zero-order valence-corrected chi connectivity index (χ0v) is 20.3. The van der Waals surface area contributed by atoms with Crippen LogP contribution < -0.4 is 0 Å². The molecule has 0 unspecified atom stereocenters. The minimum Gasteiger partial charge on any atom is -0.339 e. The maximum Gasteiger partial charge on any atom is 0.233 e. The van der Waals surface area contributed by atoms with Gasteiger partial charge in [0.15, 0.2) is 5.16 Å². The van der Waals surface area contributed by atoms with E-state index in [-0.39, 0.29) is 5.91 Å². The molecule has 0 saturated carbocycles. The standard InChI is InChI=1S/C24H28ClN5OS/c1-17-7-8-18(2)22(13-17)30-19(3)26-27-24(30)32-16-23(31)29-11-9-28(10-12-29)15-20-5-4-6-21(25)14-20/h4-8,13-14H,9-12,15-16H2,1-3H3. The van der Waals surface area contributed by atoms with Crippen molar-refractivity contribution >= 4 is 29.3 Å². The molecule has 0 atom stereocenters. The van der Waals surface area contributed by atoms with Gasteiger partial charge < -0.3 is 4.90 Å². The first kappa shape index (κ1) is 22.8. The molecule has 3 aromatic rings. The summed E-state index contributed by atoms with van der Waals surface area (Å²) in [5.74, 6) is 1.32. The average Bonchev–Trinajstić information content (AvgIpc) is 3.14. The number of thioether (sulfide) groups is 1. The molecule has 2 heterocycles. The summed E-state index contributed by atoms with van der Waals surface area (Å²) >= 11 is 7.55. The van der Waals surface area contributed by atoms with E-state index in [2.05, 4.69) is 53.2 Å². The van der Waals surface area contributed by atoms with Crippen molar-refractivity contribution < 1.29 is 4.79 Å². The number of hydrogen-bond acceptors (Lipinski definition) is 5. The number of rotatable bonds is 6. The topological polar surface area (TPSA) is 54.3 Å². The Balaban J connectivity index is 1.34. The van der Waals surface area contributed by atoms with E-state index in [1.165, 1.54) is 22.9 Å². The Morgan fingerprint density at radius 1 is 1.03 bits per heavy atom. The average molecular weight is 470 g/mol. The minimum atomic E-state index is 0.144. The molecule has 0 spiro atoms. The van der Waals surface area contributed by atoms with Gasteiger partial charge in [0.2, 0.25) is 5.91 Å². The minimum absolute atomic E-state index is 0.144. The first-order chi connectivity index (χ1) is 15.4. The zero-order valence-electron chi connectivity index (χ0n) is 18.7. The van der Waals surface area contributed by atoms with Crippen LogP contribution in [0.3, 0.4) is 0 Å².